The minimum Gasteiger partial charge on any atom is -0.351 e. The fraction of sp³-hybridized carbons (Fsp3) is 0.533. The lowest BCUT2D eigenvalue weighted by Crippen LogP contribution is -2.31. The van der Waals surface area contributed by atoms with Crippen molar-refractivity contribution in [2.24, 2.45) is 5.41 Å². The third kappa shape index (κ3) is 5.96. The summed E-state index contributed by atoms with van der Waals surface area (Å²) in [6.07, 6.45) is 1.01. The van der Waals surface area contributed by atoms with E-state index < -0.39 is 0 Å². The molecule has 0 bridgehead atoms. The van der Waals surface area contributed by atoms with E-state index in [2.05, 4.69) is 42.0 Å². The van der Waals surface area contributed by atoms with E-state index in [9.17, 15) is 4.79 Å². The number of hydrogen-bond donors (Lipinski definition) is 1. The van der Waals surface area contributed by atoms with Crippen LogP contribution in [0.4, 0.5) is 0 Å². The van der Waals surface area contributed by atoms with Gasteiger partial charge in [-0.1, -0.05) is 48.3 Å². The molecule has 1 atom stereocenters. The summed E-state index contributed by atoms with van der Waals surface area (Å²) in [5.74, 6) is -0.0573. The second-order valence-electron chi connectivity index (χ2n) is 6.04. The predicted octanol–water partition coefficient (Wildman–Crippen LogP) is 4.58. The summed E-state index contributed by atoms with van der Waals surface area (Å²) in [5.41, 5.74) is 1.81. The van der Waals surface area contributed by atoms with Crippen LogP contribution < -0.4 is 5.32 Å². The second-order valence-corrected chi connectivity index (χ2v) is 7.74. The molecule has 0 aliphatic carbocycles. The van der Waals surface area contributed by atoms with Crippen LogP contribution in [0, 0.1) is 12.3 Å². The molecule has 1 rings (SSSR count). The number of amides is 1. The summed E-state index contributed by atoms with van der Waals surface area (Å²) in [7, 11) is 0. The molecule has 1 aromatic rings. The van der Waals surface area contributed by atoms with E-state index in [-0.39, 0.29) is 16.1 Å². The Kier molecular flexibility index (Phi) is 5.87. The zero-order valence-corrected chi connectivity index (χ0v) is 14.2. The van der Waals surface area contributed by atoms with Gasteiger partial charge in [0.05, 0.1) is 0 Å². The highest BCUT2D eigenvalue weighted by atomic mass is 79.9. The summed E-state index contributed by atoms with van der Waals surface area (Å²) < 4.78 is 0. The van der Waals surface area contributed by atoms with Crippen LogP contribution in [0.15, 0.2) is 18.2 Å². The zero-order valence-electron chi connectivity index (χ0n) is 11.9. The highest BCUT2D eigenvalue weighted by Gasteiger charge is 2.17. The maximum absolute atomic E-state index is 12.0. The molecule has 1 aromatic carbocycles. The first kappa shape index (κ1) is 16.5. The Hall–Kier alpha value is -0.540. The predicted molar refractivity (Wildman–Crippen MR) is 85.3 cm³/mol. The van der Waals surface area contributed by atoms with Crippen LogP contribution in [0.3, 0.4) is 0 Å². The van der Waals surface area contributed by atoms with Gasteiger partial charge in [0.15, 0.2) is 0 Å². The molecule has 1 N–H and O–H groups in total. The first-order chi connectivity index (χ1) is 8.69. The number of benzene rings is 1. The van der Waals surface area contributed by atoms with E-state index >= 15 is 0 Å². The van der Waals surface area contributed by atoms with Gasteiger partial charge in [0.2, 0.25) is 0 Å². The van der Waals surface area contributed by atoms with Crippen molar-refractivity contribution in [1.29, 1.82) is 0 Å². The van der Waals surface area contributed by atoms with Crippen LogP contribution in [-0.4, -0.2) is 17.3 Å². The zero-order chi connectivity index (χ0) is 14.6. The normalized spacial score (nSPS) is 13.2. The van der Waals surface area contributed by atoms with Crippen molar-refractivity contribution < 1.29 is 4.79 Å². The molecule has 0 aromatic heterocycles. The Morgan fingerprint density at radius 2 is 2.05 bits per heavy atom. The van der Waals surface area contributed by atoms with Gasteiger partial charge in [-0.3, -0.25) is 4.79 Å². The van der Waals surface area contributed by atoms with E-state index in [4.69, 9.17) is 11.6 Å². The van der Waals surface area contributed by atoms with Gasteiger partial charge in [0, 0.05) is 22.0 Å². The molecular weight excluding hydrogens is 326 g/mol. The maximum atomic E-state index is 12.0. The molecule has 0 aliphatic rings. The molecular formula is C15H21BrClNO. The highest BCUT2D eigenvalue weighted by molar-refractivity contribution is 9.09. The fourth-order valence-corrected chi connectivity index (χ4v) is 3.08. The van der Waals surface area contributed by atoms with E-state index in [1.807, 2.05) is 13.0 Å². The van der Waals surface area contributed by atoms with Crippen LogP contribution in [-0.2, 0) is 0 Å². The van der Waals surface area contributed by atoms with Gasteiger partial charge >= 0.3 is 0 Å². The van der Waals surface area contributed by atoms with Crippen molar-refractivity contribution >= 4 is 33.4 Å². The monoisotopic (exact) mass is 345 g/mol. The molecule has 1 amide bonds. The first-order valence-corrected chi connectivity index (χ1v) is 7.67. The topological polar surface area (TPSA) is 29.1 Å². The largest absolute Gasteiger partial charge is 0.351 e. The van der Waals surface area contributed by atoms with E-state index in [0.717, 1.165) is 12.0 Å². The molecule has 0 saturated carbocycles. The molecule has 2 nitrogen and oxygen atoms in total. The Labute approximate surface area is 129 Å². The number of hydrogen-bond acceptors (Lipinski definition) is 1. The summed E-state index contributed by atoms with van der Waals surface area (Å²) in [4.78, 5) is 12.3. The third-order valence-electron chi connectivity index (χ3n) is 2.74. The molecule has 1 unspecified atom stereocenters. The van der Waals surface area contributed by atoms with E-state index in [1.165, 1.54) is 0 Å². The molecule has 106 valence electrons. The average Bonchev–Trinajstić information content (AvgIpc) is 2.27. The Morgan fingerprint density at radius 3 is 2.58 bits per heavy atom. The van der Waals surface area contributed by atoms with Crippen molar-refractivity contribution in [3.8, 4) is 0 Å². The van der Waals surface area contributed by atoms with Gasteiger partial charge in [0.25, 0.3) is 5.91 Å². The Morgan fingerprint density at radius 1 is 1.42 bits per heavy atom. The number of carbonyl (C=O) groups excluding carboxylic acids is 1. The lowest BCUT2D eigenvalue weighted by molar-refractivity contribution is 0.0952. The molecule has 0 fully saturated rings. The lowest BCUT2D eigenvalue weighted by Gasteiger charge is -2.22. The van der Waals surface area contributed by atoms with Crippen molar-refractivity contribution in [2.75, 3.05) is 6.54 Å². The van der Waals surface area contributed by atoms with Gasteiger partial charge in [-0.25, -0.2) is 0 Å². The smallest absolute Gasteiger partial charge is 0.251 e. The third-order valence-corrected chi connectivity index (χ3v) is 3.81. The number of halogens is 2. The SMILES string of the molecule is Cc1cc(C(=O)NCC(Br)CC(C)(C)C)ccc1Cl. The number of carbonyl (C=O) groups is 1. The van der Waals surface area contributed by atoms with Crippen LogP contribution in [0.1, 0.15) is 43.1 Å². The Balaban J connectivity index is 2.53. The van der Waals surface area contributed by atoms with Crippen molar-refractivity contribution in [1.82, 2.24) is 5.32 Å². The fourth-order valence-electron chi connectivity index (χ4n) is 1.83. The minimum absolute atomic E-state index is 0.0573. The van der Waals surface area contributed by atoms with Crippen molar-refractivity contribution in [2.45, 2.75) is 38.9 Å². The summed E-state index contributed by atoms with van der Waals surface area (Å²) in [5, 5.41) is 3.62. The highest BCUT2D eigenvalue weighted by Crippen LogP contribution is 2.24. The summed E-state index contributed by atoms with van der Waals surface area (Å²) in [6, 6.07) is 5.31. The molecule has 0 saturated heterocycles. The molecule has 4 heteroatoms. The van der Waals surface area contributed by atoms with Crippen molar-refractivity contribution in [3.63, 3.8) is 0 Å². The quantitative estimate of drug-likeness (QED) is 0.794. The lowest BCUT2D eigenvalue weighted by atomic mass is 9.90. The van der Waals surface area contributed by atoms with Gasteiger partial charge in [-0.2, -0.15) is 0 Å². The first-order valence-electron chi connectivity index (χ1n) is 6.37. The molecule has 0 radical (unpaired) electrons. The van der Waals surface area contributed by atoms with Gasteiger partial charge in [-0.05, 0) is 42.5 Å². The van der Waals surface area contributed by atoms with Crippen LogP contribution >= 0.6 is 27.5 Å². The van der Waals surface area contributed by atoms with Crippen LogP contribution in [0.5, 0.6) is 0 Å². The van der Waals surface area contributed by atoms with Gasteiger partial charge in [-0.15, -0.1) is 0 Å². The Bertz CT molecular complexity index is 454. The van der Waals surface area contributed by atoms with Crippen molar-refractivity contribution in [3.05, 3.63) is 34.3 Å². The minimum atomic E-state index is -0.0573. The van der Waals surface area contributed by atoms with Crippen LogP contribution in [0.2, 0.25) is 5.02 Å². The van der Waals surface area contributed by atoms with Gasteiger partial charge in [0.1, 0.15) is 0 Å². The number of alkyl halides is 1. The number of aryl methyl sites for hydroxylation is 1. The standard InChI is InChI=1S/C15H21BrClNO/c1-10-7-11(5-6-13(10)17)14(19)18-9-12(16)8-15(2,3)4/h5-7,12H,8-9H2,1-4H3,(H,18,19). The van der Waals surface area contributed by atoms with Gasteiger partial charge < -0.3 is 5.32 Å². The second kappa shape index (κ2) is 6.76. The molecule has 0 heterocycles. The number of rotatable bonds is 4. The van der Waals surface area contributed by atoms with E-state index in [0.29, 0.717) is 17.1 Å². The molecule has 19 heavy (non-hydrogen) atoms. The molecule has 0 aliphatic heterocycles. The molecule has 0 spiro atoms. The summed E-state index contributed by atoms with van der Waals surface area (Å²) >= 11 is 9.55. The summed E-state index contributed by atoms with van der Waals surface area (Å²) in [6.45, 7) is 9.08. The number of nitrogens with one attached hydrogen (secondary N) is 1. The average molecular weight is 347 g/mol. The van der Waals surface area contributed by atoms with Crippen LogP contribution in [0.25, 0.3) is 0 Å². The van der Waals surface area contributed by atoms with E-state index in [1.54, 1.807) is 12.1 Å². The maximum Gasteiger partial charge on any atom is 0.251 e.